The van der Waals surface area contributed by atoms with Crippen molar-refractivity contribution in [2.45, 2.75) is 90.8 Å². The second-order valence-electron chi connectivity index (χ2n) is 9.34. The molecule has 0 aliphatic carbocycles. The van der Waals surface area contributed by atoms with Crippen LogP contribution in [0.15, 0.2) is 24.3 Å². The highest BCUT2D eigenvalue weighted by atomic mass is 16.7. The van der Waals surface area contributed by atoms with Crippen molar-refractivity contribution in [3.05, 3.63) is 41.1 Å². The van der Waals surface area contributed by atoms with Crippen molar-refractivity contribution in [3.63, 3.8) is 0 Å². The molecule has 2 heterocycles. The highest BCUT2D eigenvalue weighted by Crippen LogP contribution is 2.31. The van der Waals surface area contributed by atoms with Gasteiger partial charge in [0.25, 0.3) is 0 Å². The van der Waals surface area contributed by atoms with Gasteiger partial charge in [0.1, 0.15) is 36.8 Å². The fraction of sp³-hybridized carbons (Fsp3) is 0.615. The smallest absolute Gasteiger partial charge is 0.491 e. The zero-order chi connectivity index (χ0) is 28.2. The summed E-state index contributed by atoms with van der Waals surface area (Å²) in [7, 11) is 0. The first kappa shape index (κ1) is 27.2. The average Bonchev–Trinajstić information content (AvgIpc) is 3.15. The Hall–Kier alpha value is -2.86. The van der Waals surface area contributed by atoms with Gasteiger partial charge in [0.15, 0.2) is 0 Å². The van der Waals surface area contributed by atoms with Crippen LogP contribution in [0.25, 0.3) is 0 Å². The van der Waals surface area contributed by atoms with Crippen LogP contribution in [0.2, 0.25) is 0 Å². The van der Waals surface area contributed by atoms with E-state index in [1.807, 2.05) is 45.0 Å². The molecule has 0 saturated carbocycles. The number of nitrogens with zero attached hydrogens (tertiary/aromatic N) is 2. The van der Waals surface area contributed by atoms with Gasteiger partial charge in [-0.25, -0.2) is 4.79 Å². The molecule has 5 atom stereocenters. The molecule has 3 rings (SSSR count). The lowest BCUT2D eigenvalue weighted by Gasteiger charge is -2.39. The van der Waals surface area contributed by atoms with Gasteiger partial charge in [0.05, 0.1) is 14.1 Å². The number of hydrogen-bond acceptors (Lipinski definition) is 10. The Bertz CT molecular complexity index is 1070. The third-order valence-corrected chi connectivity index (χ3v) is 5.83. The summed E-state index contributed by atoms with van der Waals surface area (Å²) < 4.78 is 37.0. The Morgan fingerprint density at radius 2 is 1.78 bits per heavy atom. The normalized spacial score (nSPS) is 24.5. The van der Waals surface area contributed by atoms with Gasteiger partial charge in [0.2, 0.25) is 12.2 Å². The highest BCUT2D eigenvalue weighted by Gasteiger charge is 2.46. The van der Waals surface area contributed by atoms with Crippen LogP contribution in [0.1, 0.15) is 58.8 Å². The minimum atomic E-state index is -1.64. The van der Waals surface area contributed by atoms with Crippen molar-refractivity contribution in [2.24, 2.45) is 0 Å². The van der Waals surface area contributed by atoms with E-state index in [2.05, 4.69) is 5.10 Å². The van der Waals surface area contributed by atoms with Crippen LogP contribution >= 0.6 is 0 Å². The molecule has 11 nitrogen and oxygen atoms in total. The number of carbonyl (C=O) groups excluding carboxylic acids is 1. The number of aliphatic hydroxyl groups is 3. The van der Waals surface area contributed by atoms with Gasteiger partial charge >= 0.3 is 6.16 Å². The maximum absolute atomic E-state index is 11.6. The summed E-state index contributed by atoms with van der Waals surface area (Å²) in [6.07, 6.45) is -7.98. The quantitative estimate of drug-likeness (QED) is 0.398. The van der Waals surface area contributed by atoms with Crippen LogP contribution in [-0.4, -0.2) is 81.3 Å². The Balaban J connectivity index is 1.86. The SMILES string of the molecule is [2H]C(C)(C)n1nc(O[C@@H]2O[C@H](COC(=O)OCC)[C@@H](O)[C@H](O)[C@H]2O)c(Cc2ccc(OC(C)C)cc2)c1C. The molecule has 0 unspecified atom stereocenters. The van der Waals surface area contributed by atoms with Crippen LogP contribution in [0, 0.1) is 6.92 Å². The average molecular weight is 524 g/mol. The van der Waals surface area contributed by atoms with Crippen molar-refractivity contribution >= 4 is 6.16 Å². The fourth-order valence-electron chi connectivity index (χ4n) is 3.98. The zero-order valence-electron chi connectivity index (χ0n) is 23.1. The third kappa shape index (κ3) is 7.13. The zero-order valence-corrected chi connectivity index (χ0v) is 22.1. The summed E-state index contributed by atoms with van der Waals surface area (Å²) in [5, 5.41) is 35.8. The molecule has 1 aliphatic heterocycles. The minimum Gasteiger partial charge on any atom is -0.491 e. The fourth-order valence-corrected chi connectivity index (χ4v) is 3.98. The lowest BCUT2D eigenvalue weighted by atomic mass is 9.99. The van der Waals surface area contributed by atoms with E-state index in [9.17, 15) is 20.1 Å². The van der Waals surface area contributed by atoms with E-state index in [1.165, 1.54) is 4.68 Å². The molecule has 1 aliphatic rings. The first-order valence-electron chi connectivity index (χ1n) is 12.8. The van der Waals surface area contributed by atoms with Gasteiger partial charge in [-0.2, -0.15) is 0 Å². The first-order chi connectivity index (χ1) is 17.8. The van der Waals surface area contributed by atoms with Crippen molar-refractivity contribution < 1.29 is 45.2 Å². The lowest BCUT2D eigenvalue weighted by Crippen LogP contribution is -2.60. The van der Waals surface area contributed by atoms with Crippen molar-refractivity contribution in [1.82, 2.24) is 9.78 Å². The Labute approximate surface area is 218 Å². The molecule has 11 heteroatoms. The number of rotatable bonds is 10. The second-order valence-corrected chi connectivity index (χ2v) is 9.34. The molecule has 1 aromatic heterocycles. The Morgan fingerprint density at radius 1 is 1.11 bits per heavy atom. The topological polar surface area (TPSA) is 142 Å². The predicted octanol–water partition coefficient (Wildman–Crippen LogP) is 2.51. The highest BCUT2D eigenvalue weighted by molar-refractivity contribution is 5.59. The van der Waals surface area contributed by atoms with E-state index < -0.39 is 49.5 Å². The maximum atomic E-state index is 11.6. The van der Waals surface area contributed by atoms with Crippen LogP contribution < -0.4 is 9.47 Å². The maximum Gasteiger partial charge on any atom is 0.508 e. The van der Waals surface area contributed by atoms with Gasteiger partial charge in [-0.1, -0.05) is 12.1 Å². The van der Waals surface area contributed by atoms with Gasteiger partial charge in [-0.15, -0.1) is 5.10 Å². The van der Waals surface area contributed by atoms with Gasteiger partial charge < -0.3 is 39.0 Å². The van der Waals surface area contributed by atoms with Crippen molar-refractivity contribution in [1.29, 1.82) is 0 Å². The largest absolute Gasteiger partial charge is 0.508 e. The predicted molar refractivity (Wildman–Crippen MR) is 133 cm³/mol. The van der Waals surface area contributed by atoms with Crippen molar-refractivity contribution in [2.75, 3.05) is 13.2 Å². The number of ether oxygens (including phenoxy) is 5. The second kappa shape index (κ2) is 12.6. The Morgan fingerprint density at radius 3 is 2.38 bits per heavy atom. The monoisotopic (exact) mass is 523 g/mol. The Kier molecular flexibility index (Phi) is 9.25. The first-order valence-corrected chi connectivity index (χ1v) is 12.3. The number of aliphatic hydroxyl groups excluding tert-OH is 3. The van der Waals surface area contributed by atoms with Crippen LogP contribution in [-0.2, 0) is 20.6 Å². The van der Waals surface area contributed by atoms with Gasteiger partial charge in [-0.05, 0) is 59.2 Å². The molecule has 0 amide bonds. The summed E-state index contributed by atoms with van der Waals surface area (Å²) in [6.45, 7) is 10.3. The van der Waals surface area contributed by atoms with Crippen LogP contribution in [0.5, 0.6) is 11.6 Å². The molecular formula is C26H38N2O9. The molecular weight excluding hydrogens is 484 g/mol. The minimum absolute atomic E-state index is 0.0444. The van der Waals surface area contributed by atoms with E-state index in [4.69, 9.17) is 25.1 Å². The lowest BCUT2D eigenvalue weighted by molar-refractivity contribution is -0.278. The molecule has 2 aromatic rings. The summed E-state index contributed by atoms with van der Waals surface area (Å²) >= 11 is 0. The van der Waals surface area contributed by atoms with E-state index in [1.54, 1.807) is 20.8 Å². The third-order valence-electron chi connectivity index (χ3n) is 5.83. The number of carbonyl (C=O) groups is 1. The molecule has 1 saturated heterocycles. The van der Waals surface area contributed by atoms with Crippen molar-refractivity contribution in [3.8, 4) is 11.6 Å². The molecule has 0 radical (unpaired) electrons. The molecule has 1 aromatic carbocycles. The molecule has 37 heavy (non-hydrogen) atoms. The molecule has 3 N–H and O–H groups in total. The number of hydrogen-bond donors (Lipinski definition) is 3. The standard InChI is InChI=1S/C26H38N2O9/c1-7-33-26(32)34-13-20-21(29)22(30)23(31)25(36-20)37-24-19(16(6)28(27-24)14(2)3)12-17-8-10-18(11-9-17)35-15(4)5/h8-11,14-15,20-23,25,29-31H,7,12-13H2,1-6H3/t20-,21-,22+,23-,25+/m1/s1/i14D. The van der Waals surface area contributed by atoms with E-state index in [0.717, 1.165) is 11.3 Å². The van der Waals surface area contributed by atoms with Gasteiger partial charge in [-0.3, -0.25) is 4.68 Å². The number of benzene rings is 1. The number of aromatic nitrogens is 2. The molecule has 0 spiro atoms. The van der Waals surface area contributed by atoms with Crippen LogP contribution in [0.3, 0.4) is 0 Å². The summed E-state index contributed by atoms with van der Waals surface area (Å²) in [6, 6.07) is 6.44. The summed E-state index contributed by atoms with van der Waals surface area (Å²) in [5.41, 5.74) is 2.26. The van der Waals surface area contributed by atoms with E-state index in [0.29, 0.717) is 17.7 Å². The summed E-state index contributed by atoms with van der Waals surface area (Å²) in [5.74, 6) is 0.838. The summed E-state index contributed by atoms with van der Waals surface area (Å²) in [4.78, 5) is 11.6. The molecule has 1 fully saturated rings. The molecule has 206 valence electrons. The van der Waals surface area contributed by atoms with E-state index >= 15 is 0 Å². The molecule has 0 bridgehead atoms. The van der Waals surface area contributed by atoms with E-state index in [-0.39, 0.29) is 18.6 Å². The van der Waals surface area contributed by atoms with Gasteiger partial charge in [0, 0.05) is 23.7 Å². The van der Waals surface area contributed by atoms with Crippen LogP contribution in [0.4, 0.5) is 4.79 Å².